The van der Waals surface area contributed by atoms with Crippen LogP contribution in [0.15, 0.2) is 0 Å². The van der Waals surface area contributed by atoms with Gasteiger partial charge in [-0.1, -0.05) is 0 Å². The van der Waals surface area contributed by atoms with Crippen molar-refractivity contribution in [2.75, 3.05) is 19.6 Å². The zero-order valence-electron chi connectivity index (χ0n) is 6.58. The summed E-state index contributed by atoms with van der Waals surface area (Å²) in [6.07, 6.45) is 3.19. The van der Waals surface area contributed by atoms with Crippen molar-refractivity contribution in [1.29, 1.82) is 0 Å². The van der Waals surface area contributed by atoms with Crippen molar-refractivity contribution in [3.63, 3.8) is 0 Å². The van der Waals surface area contributed by atoms with E-state index in [0.717, 1.165) is 25.9 Å². The molecule has 3 heteroatoms. The molecule has 0 aromatic heterocycles. The highest BCUT2D eigenvalue weighted by molar-refractivity contribution is 5.85. The van der Waals surface area contributed by atoms with Gasteiger partial charge < -0.3 is 4.90 Å². The third-order valence-electron chi connectivity index (χ3n) is 2.64. The molecule has 2 aliphatic heterocycles. The molecule has 0 spiro atoms. The van der Waals surface area contributed by atoms with Gasteiger partial charge in [0.1, 0.15) is 5.78 Å². The monoisotopic (exact) mass is 175 g/mol. The standard InChI is InChI=1S/C8H13NO.ClH/c10-8-3-5-9-4-1-2-7(8)6-9;/h7H,1-6H2;1H. The molecule has 0 saturated carbocycles. The van der Waals surface area contributed by atoms with Crippen LogP contribution >= 0.6 is 12.4 Å². The molecule has 2 atom stereocenters. The lowest BCUT2D eigenvalue weighted by Crippen LogP contribution is -2.44. The van der Waals surface area contributed by atoms with E-state index < -0.39 is 0 Å². The molecule has 2 nitrogen and oxygen atoms in total. The molecule has 2 unspecified atom stereocenters. The summed E-state index contributed by atoms with van der Waals surface area (Å²) in [7, 11) is 0. The van der Waals surface area contributed by atoms with Crippen LogP contribution in [0.25, 0.3) is 0 Å². The van der Waals surface area contributed by atoms with Crippen molar-refractivity contribution in [2.45, 2.75) is 19.3 Å². The van der Waals surface area contributed by atoms with Crippen molar-refractivity contribution in [2.24, 2.45) is 5.92 Å². The molecule has 0 radical (unpaired) electrons. The zero-order chi connectivity index (χ0) is 6.97. The van der Waals surface area contributed by atoms with Gasteiger partial charge in [-0.3, -0.25) is 4.79 Å². The molecule has 11 heavy (non-hydrogen) atoms. The molecular weight excluding hydrogens is 162 g/mol. The molecule has 64 valence electrons. The highest BCUT2D eigenvalue weighted by atomic mass is 35.5. The Balaban J connectivity index is 0.000000605. The van der Waals surface area contributed by atoms with Gasteiger partial charge in [-0.2, -0.15) is 0 Å². The molecule has 0 amide bonds. The van der Waals surface area contributed by atoms with Crippen LogP contribution in [0, 0.1) is 5.92 Å². The zero-order valence-corrected chi connectivity index (χ0v) is 7.40. The van der Waals surface area contributed by atoms with Gasteiger partial charge in [-0.05, 0) is 19.4 Å². The minimum absolute atomic E-state index is 0. The van der Waals surface area contributed by atoms with E-state index in [2.05, 4.69) is 4.90 Å². The predicted molar refractivity (Wildman–Crippen MR) is 46.0 cm³/mol. The average molecular weight is 176 g/mol. The lowest BCUT2D eigenvalue weighted by atomic mass is 9.88. The second kappa shape index (κ2) is 3.55. The fraction of sp³-hybridized carbons (Fsp3) is 0.875. The number of fused-ring (bicyclic) bond motifs is 2. The number of piperidine rings is 2. The fourth-order valence-electron chi connectivity index (χ4n) is 1.99. The normalized spacial score (nSPS) is 36.2. The Morgan fingerprint density at radius 1 is 1.36 bits per heavy atom. The smallest absolute Gasteiger partial charge is 0.138 e. The summed E-state index contributed by atoms with van der Waals surface area (Å²) < 4.78 is 0. The fourth-order valence-corrected chi connectivity index (χ4v) is 1.99. The first-order valence-electron chi connectivity index (χ1n) is 4.11. The first-order chi connectivity index (χ1) is 4.86. The summed E-state index contributed by atoms with van der Waals surface area (Å²) >= 11 is 0. The minimum Gasteiger partial charge on any atom is -0.302 e. The SMILES string of the molecule is Cl.O=C1CCN2CCCC1C2. The number of rotatable bonds is 0. The maximum Gasteiger partial charge on any atom is 0.138 e. The van der Waals surface area contributed by atoms with Crippen molar-refractivity contribution in [1.82, 2.24) is 4.90 Å². The molecule has 0 aromatic carbocycles. The maximum absolute atomic E-state index is 11.2. The quantitative estimate of drug-likeness (QED) is 0.550. The van der Waals surface area contributed by atoms with Crippen LogP contribution < -0.4 is 0 Å². The van der Waals surface area contributed by atoms with Gasteiger partial charge in [0.2, 0.25) is 0 Å². The van der Waals surface area contributed by atoms with E-state index in [1.807, 2.05) is 0 Å². The van der Waals surface area contributed by atoms with Gasteiger partial charge in [0.15, 0.2) is 0 Å². The summed E-state index contributed by atoms with van der Waals surface area (Å²) in [4.78, 5) is 13.6. The molecule has 2 aliphatic rings. The van der Waals surface area contributed by atoms with E-state index >= 15 is 0 Å². The van der Waals surface area contributed by atoms with Gasteiger partial charge in [0.05, 0.1) is 0 Å². The molecule has 0 N–H and O–H groups in total. The molecule has 2 bridgehead atoms. The van der Waals surface area contributed by atoms with Gasteiger partial charge in [0.25, 0.3) is 0 Å². The van der Waals surface area contributed by atoms with E-state index in [0.29, 0.717) is 11.7 Å². The van der Waals surface area contributed by atoms with Gasteiger partial charge in [-0.15, -0.1) is 12.4 Å². The van der Waals surface area contributed by atoms with Crippen molar-refractivity contribution >= 4 is 18.2 Å². The molecule has 2 fully saturated rings. The minimum atomic E-state index is 0. The molecule has 2 heterocycles. The summed E-state index contributed by atoms with van der Waals surface area (Å²) in [5.41, 5.74) is 0. The Kier molecular flexibility index (Phi) is 2.90. The Morgan fingerprint density at radius 2 is 2.18 bits per heavy atom. The highest BCUT2D eigenvalue weighted by Crippen LogP contribution is 2.22. The van der Waals surface area contributed by atoms with Crippen molar-refractivity contribution in [3.05, 3.63) is 0 Å². The van der Waals surface area contributed by atoms with Crippen molar-refractivity contribution in [3.8, 4) is 0 Å². The third-order valence-corrected chi connectivity index (χ3v) is 2.64. The second-order valence-corrected chi connectivity index (χ2v) is 3.36. The van der Waals surface area contributed by atoms with Crippen LogP contribution in [0.2, 0.25) is 0 Å². The number of Topliss-reactive ketones (excluding diaryl/α,β-unsaturated/α-hetero) is 1. The second-order valence-electron chi connectivity index (χ2n) is 3.36. The molecule has 2 rings (SSSR count). The number of nitrogens with zero attached hydrogens (tertiary/aromatic N) is 1. The molecule has 0 aliphatic carbocycles. The lowest BCUT2D eigenvalue weighted by Gasteiger charge is -2.36. The summed E-state index contributed by atoms with van der Waals surface area (Å²) in [5.74, 6) is 0.915. The number of hydrogen-bond acceptors (Lipinski definition) is 2. The Morgan fingerprint density at radius 3 is 2.91 bits per heavy atom. The van der Waals surface area contributed by atoms with Crippen LogP contribution in [-0.2, 0) is 4.79 Å². The average Bonchev–Trinajstić information content (AvgIpc) is 1.99. The number of ketones is 1. The molecule has 2 saturated heterocycles. The lowest BCUT2D eigenvalue weighted by molar-refractivity contribution is -0.127. The summed E-state index contributed by atoms with van der Waals surface area (Å²) in [6.45, 7) is 3.30. The van der Waals surface area contributed by atoms with Gasteiger partial charge in [0, 0.05) is 25.4 Å². The first-order valence-corrected chi connectivity index (χ1v) is 4.11. The van der Waals surface area contributed by atoms with E-state index in [1.165, 1.54) is 13.0 Å². The first kappa shape index (κ1) is 9.01. The van der Waals surface area contributed by atoms with Crippen LogP contribution in [0.1, 0.15) is 19.3 Å². The number of carbonyl (C=O) groups is 1. The van der Waals surface area contributed by atoms with Crippen molar-refractivity contribution < 1.29 is 4.79 Å². The maximum atomic E-state index is 11.2. The van der Waals surface area contributed by atoms with Crippen LogP contribution in [0.4, 0.5) is 0 Å². The van der Waals surface area contributed by atoms with E-state index in [4.69, 9.17) is 0 Å². The predicted octanol–water partition coefficient (Wildman–Crippen LogP) is 1.09. The van der Waals surface area contributed by atoms with Crippen LogP contribution in [-0.4, -0.2) is 30.3 Å². The largest absolute Gasteiger partial charge is 0.302 e. The van der Waals surface area contributed by atoms with Crippen LogP contribution in [0.5, 0.6) is 0 Å². The van der Waals surface area contributed by atoms with E-state index in [1.54, 1.807) is 0 Å². The van der Waals surface area contributed by atoms with Gasteiger partial charge in [-0.25, -0.2) is 0 Å². The molecular formula is C8H14ClNO. The molecule has 0 aromatic rings. The van der Waals surface area contributed by atoms with E-state index in [9.17, 15) is 4.79 Å². The van der Waals surface area contributed by atoms with Crippen LogP contribution in [0.3, 0.4) is 0 Å². The number of halogens is 1. The topological polar surface area (TPSA) is 20.3 Å². The Hall–Kier alpha value is -0.0800. The van der Waals surface area contributed by atoms with Gasteiger partial charge >= 0.3 is 0 Å². The Bertz CT molecular complexity index is 160. The Labute approximate surface area is 73.4 Å². The summed E-state index contributed by atoms with van der Waals surface area (Å²) in [5, 5.41) is 0. The number of hydrogen-bond donors (Lipinski definition) is 0. The summed E-state index contributed by atoms with van der Waals surface area (Å²) in [6, 6.07) is 0. The third kappa shape index (κ3) is 1.74. The highest BCUT2D eigenvalue weighted by Gasteiger charge is 2.29. The number of carbonyl (C=O) groups excluding carboxylic acids is 1. The van der Waals surface area contributed by atoms with E-state index in [-0.39, 0.29) is 12.4 Å².